The lowest BCUT2D eigenvalue weighted by Gasteiger charge is -1.95. The minimum Gasteiger partial charge on any atom is -0.479 e. The van der Waals surface area contributed by atoms with Crippen molar-refractivity contribution in [1.29, 1.82) is 0 Å². The van der Waals surface area contributed by atoms with E-state index in [9.17, 15) is 0 Å². The minimum absolute atomic E-state index is 0.131. The Hall–Kier alpha value is -0.570. The van der Waals surface area contributed by atoms with Crippen LogP contribution in [-0.2, 0) is 4.74 Å². The van der Waals surface area contributed by atoms with Crippen LogP contribution in [0, 0.1) is 0 Å². The van der Waals surface area contributed by atoms with Gasteiger partial charge in [0.25, 0.3) is 0 Å². The van der Waals surface area contributed by atoms with Crippen LogP contribution in [0.1, 0.15) is 13.3 Å². The molecule has 9 heavy (non-hydrogen) atoms. The third-order valence-electron chi connectivity index (χ3n) is 1.18. The predicted molar refractivity (Wildman–Crippen MR) is 34.6 cm³/mol. The summed E-state index contributed by atoms with van der Waals surface area (Å²) in [4.78, 5) is 4.11. The van der Waals surface area contributed by atoms with Gasteiger partial charge in [0.15, 0.2) is 5.90 Å². The number of aliphatic imine (C=N–C) groups is 1. The molecule has 1 unspecified atom stereocenters. The van der Waals surface area contributed by atoms with Crippen molar-refractivity contribution < 1.29 is 9.84 Å². The average Bonchev–Trinajstić information content (AvgIpc) is 2.17. The van der Waals surface area contributed by atoms with E-state index in [-0.39, 0.29) is 12.6 Å². The van der Waals surface area contributed by atoms with E-state index in [0.717, 1.165) is 0 Å². The molecule has 1 N–H and O–H groups in total. The minimum atomic E-state index is 0.131. The molecule has 0 saturated carbocycles. The summed E-state index contributed by atoms with van der Waals surface area (Å²) in [7, 11) is 0. The Kier molecular flexibility index (Phi) is 2.05. The van der Waals surface area contributed by atoms with Gasteiger partial charge in [-0.15, -0.1) is 0 Å². The topological polar surface area (TPSA) is 41.8 Å². The van der Waals surface area contributed by atoms with E-state index in [1.54, 1.807) is 0 Å². The van der Waals surface area contributed by atoms with E-state index in [2.05, 4.69) is 4.99 Å². The Balaban J connectivity index is 2.33. The summed E-state index contributed by atoms with van der Waals surface area (Å²) >= 11 is 0. The highest BCUT2D eigenvalue weighted by Crippen LogP contribution is 2.04. The first kappa shape index (κ1) is 6.55. The molecule has 0 spiro atoms. The van der Waals surface area contributed by atoms with Gasteiger partial charge in [0.05, 0.1) is 12.6 Å². The summed E-state index contributed by atoms with van der Waals surface area (Å²) in [6.07, 6.45) is 0.560. The Morgan fingerprint density at radius 2 is 2.67 bits per heavy atom. The molecule has 52 valence electrons. The van der Waals surface area contributed by atoms with Crippen LogP contribution >= 0.6 is 0 Å². The molecule has 1 aliphatic heterocycles. The van der Waals surface area contributed by atoms with Gasteiger partial charge in [-0.3, -0.25) is 0 Å². The normalized spacial score (nSPS) is 25.6. The summed E-state index contributed by atoms with van der Waals surface area (Å²) in [6.45, 7) is 2.80. The van der Waals surface area contributed by atoms with Crippen molar-refractivity contribution in [2.45, 2.75) is 19.4 Å². The van der Waals surface area contributed by atoms with Gasteiger partial charge in [0, 0.05) is 6.42 Å². The zero-order chi connectivity index (χ0) is 6.69. The number of nitrogens with zero attached hydrogens (tertiary/aromatic N) is 1. The van der Waals surface area contributed by atoms with Crippen LogP contribution in [0.4, 0.5) is 0 Å². The van der Waals surface area contributed by atoms with Gasteiger partial charge >= 0.3 is 0 Å². The summed E-state index contributed by atoms with van der Waals surface area (Å²) in [5.74, 6) is 0.699. The average molecular weight is 129 g/mol. The molecule has 0 aliphatic carbocycles. The fourth-order valence-electron chi connectivity index (χ4n) is 0.770. The molecule has 0 saturated heterocycles. The molecule has 1 rings (SSSR count). The molecule has 0 fully saturated rings. The van der Waals surface area contributed by atoms with E-state index in [1.807, 2.05) is 6.92 Å². The summed E-state index contributed by atoms with van der Waals surface area (Å²) in [6, 6.07) is 0.284. The second-order valence-corrected chi connectivity index (χ2v) is 2.16. The standard InChI is InChI=1S/C6H11NO2/c1-5-4-9-6(7-5)2-3-8/h5,8H,2-4H2,1H3. The van der Waals surface area contributed by atoms with Crippen molar-refractivity contribution in [2.75, 3.05) is 13.2 Å². The smallest absolute Gasteiger partial charge is 0.185 e. The van der Waals surface area contributed by atoms with E-state index in [0.29, 0.717) is 18.9 Å². The number of aliphatic hydroxyl groups excluding tert-OH is 1. The van der Waals surface area contributed by atoms with Gasteiger partial charge in [0.1, 0.15) is 6.61 Å². The first-order valence-electron chi connectivity index (χ1n) is 3.13. The molecule has 0 aromatic carbocycles. The SMILES string of the molecule is CC1COC(CCO)=N1. The first-order chi connectivity index (χ1) is 4.33. The van der Waals surface area contributed by atoms with Crippen molar-refractivity contribution in [1.82, 2.24) is 0 Å². The van der Waals surface area contributed by atoms with E-state index in [1.165, 1.54) is 0 Å². The number of hydrogen-bond donors (Lipinski definition) is 1. The van der Waals surface area contributed by atoms with E-state index >= 15 is 0 Å². The Morgan fingerprint density at radius 3 is 3.11 bits per heavy atom. The molecule has 0 amide bonds. The summed E-state index contributed by atoms with van der Waals surface area (Å²) < 4.78 is 5.10. The van der Waals surface area contributed by atoms with Gasteiger partial charge in [-0.1, -0.05) is 0 Å². The van der Waals surface area contributed by atoms with Crippen LogP contribution in [0.5, 0.6) is 0 Å². The molecule has 1 atom stereocenters. The molecular formula is C6H11NO2. The molecule has 1 heterocycles. The van der Waals surface area contributed by atoms with Gasteiger partial charge in [0.2, 0.25) is 0 Å². The summed E-state index contributed by atoms with van der Waals surface area (Å²) in [5.41, 5.74) is 0. The maximum Gasteiger partial charge on any atom is 0.185 e. The van der Waals surface area contributed by atoms with E-state index < -0.39 is 0 Å². The van der Waals surface area contributed by atoms with Gasteiger partial charge in [-0.25, -0.2) is 4.99 Å². The monoisotopic (exact) mass is 129 g/mol. The van der Waals surface area contributed by atoms with Crippen LogP contribution in [0.2, 0.25) is 0 Å². The molecular weight excluding hydrogens is 118 g/mol. The third kappa shape index (κ3) is 1.68. The fourth-order valence-corrected chi connectivity index (χ4v) is 0.770. The van der Waals surface area contributed by atoms with E-state index in [4.69, 9.17) is 9.84 Å². The predicted octanol–water partition coefficient (Wildman–Crippen LogP) is 0.186. The molecule has 0 aromatic heterocycles. The van der Waals surface area contributed by atoms with Gasteiger partial charge in [-0.05, 0) is 6.92 Å². The highest BCUT2D eigenvalue weighted by Gasteiger charge is 2.12. The maximum absolute atomic E-state index is 8.45. The van der Waals surface area contributed by atoms with Crippen molar-refractivity contribution in [2.24, 2.45) is 4.99 Å². The fraction of sp³-hybridized carbons (Fsp3) is 0.833. The molecule has 0 bridgehead atoms. The second kappa shape index (κ2) is 2.82. The largest absolute Gasteiger partial charge is 0.479 e. The lowest BCUT2D eigenvalue weighted by molar-refractivity contribution is 0.276. The lowest BCUT2D eigenvalue weighted by atomic mass is 10.4. The maximum atomic E-state index is 8.45. The number of ether oxygens (including phenoxy) is 1. The summed E-state index contributed by atoms with van der Waals surface area (Å²) in [5, 5.41) is 8.45. The molecule has 0 aromatic rings. The second-order valence-electron chi connectivity index (χ2n) is 2.16. The van der Waals surface area contributed by atoms with Crippen LogP contribution in [0.25, 0.3) is 0 Å². The van der Waals surface area contributed by atoms with Gasteiger partial charge in [-0.2, -0.15) is 0 Å². The lowest BCUT2D eigenvalue weighted by Crippen LogP contribution is -2.01. The Bertz CT molecular complexity index is 122. The Morgan fingerprint density at radius 1 is 1.89 bits per heavy atom. The molecule has 0 radical (unpaired) electrons. The number of rotatable bonds is 2. The first-order valence-corrected chi connectivity index (χ1v) is 3.13. The van der Waals surface area contributed by atoms with Crippen molar-refractivity contribution >= 4 is 5.90 Å². The molecule has 1 aliphatic rings. The molecule has 3 nitrogen and oxygen atoms in total. The van der Waals surface area contributed by atoms with Crippen LogP contribution in [0.15, 0.2) is 4.99 Å². The highest BCUT2D eigenvalue weighted by atomic mass is 16.5. The Labute approximate surface area is 54.4 Å². The zero-order valence-electron chi connectivity index (χ0n) is 5.50. The van der Waals surface area contributed by atoms with Crippen molar-refractivity contribution in [3.05, 3.63) is 0 Å². The molecule has 3 heteroatoms. The zero-order valence-corrected chi connectivity index (χ0v) is 5.50. The van der Waals surface area contributed by atoms with Crippen molar-refractivity contribution in [3.8, 4) is 0 Å². The quantitative estimate of drug-likeness (QED) is 0.578. The van der Waals surface area contributed by atoms with Crippen LogP contribution in [-0.4, -0.2) is 30.3 Å². The van der Waals surface area contributed by atoms with Crippen LogP contribution < -0.4 is 0 Å². The third-order valence-corrected chi connectivity index (χ3v) is 1.18. The van der Waals surface area contributed by atoms with Crippen LogP contribution in [0.3, 0.4) is 0 Å². The number of aliphatic hydroxyl groups is 1. The van der Waals surface area contributed by atoms with Crippen molar-refractivity contribution in [3.63, 3.8) is 0 Å². The highest BCUT2D eigenvalue weighted by molar-refractivity contribution is 5.77. The number of hydrogen-bond acceptors (Lipinski definition) is 3. The van der Waals surface area contributed by atoms with Gasteiger partial charge < -0.3 is 9.84 Å².